The van der Waals surface area contributed by atoms with Crippen molar-refractivity contribution in [1.82, 2.24) is 4.90 Å². The van der Waals surface area contributed by atoms with Gasteiger partial charge in [-0.05, 0) is 55.9 Å². The molecule has 162 valence electrons. The van der Waals surface area contributed by atoms with Crippen LogP contribution in [0.4, 0.5) is 16.2 Å². The van der Waals surface area contributed by atoms with Gasteiger partial charge in [0.25, 0.3) is 0 Å². The van der Waals surface area contributed by atoms with Gasteiger partial charge in [-0.3, -0.25) is 4.79 Å². The van der Waals surface area contributed by atoms with Crippen LogP contribution in [0.2, 0.25) is 0 Å². The molecule has 3 amide bonds. The van der Waals surface area contributed by atoms with E-state index in [1.165, 1.54) is 0 Å². The van der Waals surface area contributed by atoms with Crippen LogP contribution < -0.4 is 15.4 Å². The summed E-state index contributed by atoms with van der Waals surface area (Å²) < 4.78 is 5.34. The number of fused-ring (bicyclic) bond motifs is 1. The molecule has 31 heavy (non-hydrogen) atoms. The van der Waals surface area contributed by atoms with E-state index < -0.39 is 0 Å². The number of methoxy groups -OCH3 is 1. The quantitative estimate of drug-likeness (QED) is 0.700. The highest BCUT2D eigenvalue weighted by atomic mass is 16.5. The highest BCUT2D eigenvalue weighted by Crippen LogP contribution is 2.34. The molecule has 2 N–H and O–H groups in total. The zero-order valence-corrected chi connectivity index (χ0v) is 18.1. The Kier molecular flexibility index (Phi) is 5.98. The van der Waals surface area contributed by atoms with Crippen LogP contribution in [0.25, 0.3) is 6.08 Å². The average Bonchev–Trinajstić information content (AvgIpc) is 2.79. The van der Waals surface area contributed by atoms with Crippen molar-refractivity contribution in [1.29, 1.82) is 0 Å². The number of nitrogens with one attached hydrogen (secondary N) is 2. The Balaban J connectivity index is 1.38. The second kappa shape index (κ2) is 8.84. The normalized spacial score (nSPS) is 20.5. The number of anilines is 2. The number of nitrogens with zero attached hydrogens (tertiary/aromatic N) is 1. The number of benzene rings is 2. The maximum absolute atomic E-state index is 12.8. The molecule has 6 nitrogen and oxygen atoms in total. The second-order valence-corrected chi connectivity index (χ2v) is 8.31. The van der Waals surface area contributed by atoms with Crippen LogP contribution in [-0.4, -0.2) is 30.0 Å². The van der Waals surface area contributed by atoms with Crippen LogP contribution in [0.15, 0.2) is 43.0 Å². The molecule has 0 radical (unpaired) electrons. The van der Waals surface area contributed by atoms with Crippen molar-refractivity contribution < 1.29 is 14.3 Å². The fourth-order valence-corrected chi connectivity index (χ4v) is 4.61. The van der Waals surface area contributed by atoms with Crippen molar-refractivity contribution in [2.75, 3.05) is 17.7 Å². The van der Waals surface area contributed by atoms with Gasteiger partial charge in [0, 0.05) is 35.0 Å². The standard InChI is InChI=1S/C25H29N3O3/c1-4-17-6-5-7-22-21(17)15-28(25(30)27-22)20-12-9-18(10-13-20)24(29)26-19-11-8-16(2)23(14-19)31-3/h4-8,11,14,18,20H,1,9-10,12-13,15H2,2-3H3,(H,26,29)(H,27,30). The Morgan fingerprint density at radius 2 is 2.00 bits per heavy atom. The first-order valence-corrected chi connectivity index (χ1v) is 10.8. The first kappa shape index (κ1) is 21.0. The Labute approximate surface area is 183 Å². The Bertz CT molecular complexity index is 1010. The molecule has 0 aromatic heterocycles. The first-order chi connectivity index (χ1) is 15.0. The highest BCUT2D eigenvalue weighted by molar-refractivity contribution is 5.94. The van der Waals surface area contributed by atoms with E-state index in [1.807, 2.05) is 54.3 Å². The topological polar surface area (TPSA) is 70.7 Å². The van der Waals surface area contributed by atoms with Crippen molar-refractivity contribution in [3.8, 4) is 5.75 Å². The minimum absolute atomic E-state index is 0.0340. The smallest absolute Gasteiger partial charge is 0.322 e. The van der Waals surface area contributed by atoms with Gasteiger partial charge < -0.3 is 20.3 Å². The van der Waals surface area contributed by atoms with Crippen LogP contribution in [0.1, 0.15) is 42.4 Å². The Morgan fingerprint density at radius 3 is 2.71 bits per heavy atom. The Hall–Kier alpha value is -3.28. The molecule has 1 fully saturated rings. The summed E-state index contributed by atoms with van der Waals surface area (Å²) in [5.41, 5.74) is 4.79. The zero-order valence-electron chi connectivity index (χ0n) is 18.1. The second-order valence-electron chi connectivity index (χ2n) is 8.31. The van der Waals surface area contributed by atoms with Gasteiger partial charge in [-0.15, -0.1) is 0 Å². The molecular formula is C25H29N3O3. The fourth-order valence-electron chi connectivity index (χ4n) is 4.61. The minimum atomic E-state index is -0.0617. The van der Waals surface area contributed by atoms with Gasteiger partial charge in [0.05, 0.1) is 13.7 Å². The number of hydrogen-bond donors (Lipinski definition) is 2. The summed E-state index contributed by atoms with van der Waals surface area (Å²) in [6.45, 7) is 6.44. The summed E-state index contributed by atoms with van der Waals surface area (Å²) in [4.78, 5) is 27.4. The van der Waals surface area contributed by atoms with E-state index >= 15 is 0 Å². The molecule has 2 aromatic carbocycles. The molecule has 4 rings (SSSR count). The summed E-state index contributed by atoms with van der Waals surface area (Å²) in [6, 6.07) is 11.6. The molecule has 0 spiro atoms. The van der Waals surface area contributed by atoms with E-state index in [2.05, 4.69) is 17.2 Å². The molecule has 2 aliphatic rings. The van der Waals surface area contributed by atoms with E-state index in [9.17, 15) is 9.59 Å². The first-order valence-electron chi connectivity index (χ1n) is 10.8. The number of ether oxygens (including phenoxy) is 1. The van der Waals surface area contributed by atoms with Gasteiger partial charge in [-0.2, -0.15) is 0 Å². The minimum Gasteiger partial charge on any atom is -0.496 e. The maximum Gasteiger partial charge on any atom is 0.322 e. The summed E-state index contributed by atoms with van der Waals surface area (Å²) in [7, 11) is 1.63. The molecule has 0 saturated heterocycles. The molecule has 1 saturated carbocycles. The zero-order chi connectivity index (χ0) is 22.0. The molecule has 0 bridgehead atoms. The number of hydrogen-bond acceptors (Lipinski definition) is 3. The molecule has 1 aliphatic carbocycles. The van der Waals surface area contributed by atoms with E-state index in [4.69, 9.17) is 4.74 Å². The van der Waals surface area contributed by atoms with Crippen LogP contribution >= 0.6 is 0 Å². The van der Waals surface area contributed by atoms with Crippen molar-refractivity contribution in [3.63, 3.8) is 0 Å². The van der Waals surface area contributed by atoms with Gasteiger partial charge in [-0.1, -0.05) is 30.9 Å². The lowest BCUT2D eigenvalue weighted by molar-refractivity contribution is -0.121. The summed E-state index contributed by atoms with van der Waals surface area (Å²) in [5.74, 6) is 0.746. The van der Waals surface area contributed by atoms with Gasteiger partial charge >= 0.3 is 6.03 Å². The van der Waals surface area contributed by atoms with E-state index in [0.29, 0.717) is 6.54 Å². The van der Waals surface area contributed by atoms with Crippen molar-refractivity contribution in [3.05, 3.63) is 59.7 Å². The van der Waals surface area contributed by atoms with Crippen molar-refractivity contribution in [2.24, 2.45) is 5.92 Å². The molecule has 1 aliphatic heterocycles. The van der Waals surface area contributed by atoms with Crippen LogP contribution in [-0.2, 0) is 11.3 Å². The third kappa shape index (κ3) is 4.29. The Morgan fingerprint density at radius 1 is 1.23 bits per heavy atom. The molecule has 2 aromatic rings. The van der Waals surface area contributed by atoms with Crippen molar-refractivity contribution in [2.45, 2.75) is 45.2 Å². The van der Waals surface area contributed by atoms with E-state index in [1.54, 1.807) is 7.11 Å². The number of aryl methyl sites for hydroxylation is 1. The fraction of sp³-hybridized carbons (Fsp3) is 0.360. The van der Waals surface area contributed by atoms with Gasteiger partial charge in [0.15, 0.2) is 0 Å². The van der Waals surface area contributed by atoms with Crippen LogP contribution in [0.3, 0.4) is 0 Å². The van der Waals surface area contributed by atoms with Gasteiger partial charge in [0.2, 0.25) is 5.91 Å². The van der Waals surface area contributed by atoms with E-state index in [0.717, 1.165) is 59.5 Å². The predicted octanol–water partition coefficient (Wildman–Crippen LogP) is 5.19. The third-order valence-electron chi connectivity index (χ3n) is 6.45. The summed E-state index contributed by atoms with van der Waals surface area (Å²) >= 11 is 0. The van der Waals surface area contributed by atoms with Gasteiger partial charge in [-0.25, -0.2) is 4.79 Å². The predicted molar refractivity (Wildman–Crippen MR) is 123 cm³/mol. The summed E-state index contributed by atoms with van der Waals surface area (Å²) in [6.07, 6.45) is 4.98. The van der Waals surface area contributed by atoms with Crippen LogP contribution in [0.5, 0.6) is 5.75 Å². The average molecular weight is 420 g/mol. The summed E-state index contributed by atoms with van der Waals surface area (Å²) in [5, 5.41) is 6.03. The van der Waals surface area contributed by atoms with E-state index in [-0.39, 0.29) is 23.9 Å². The molecule has 6 heteroatoms. The highest BCUT2D eigenvalue weighted by Gasteiger charge is 2.34. The SMILES string of the molecule is C=Cc1cccc2c1CN(C1CCC(C(=O)Nc3ccc(C)c(OC)c3)CC1)C(=O)N2. The molecular weight excluding hydrogens is 390 g/mol. The monoisotopic (exact) mass is 419 g/mol. The lowest BCUT2D eigenvalue weighted by atomic mass is 9.84. The molecule has 0 unspecified atom stereocenters. The number of rotatable bonds is 5. The molecule has 0 atom stereocenters. The number of amides is 3. The number of carbonyl (C=O) groups excluding carboxylic acids is 2. The number of carbonyl (C=O) groups is 2. The largest absolute Gasteiger partial charge is 0.496 e. The third-order valence-corrected chi connectivity index (χ3v) is 6.45. The van der Waals surface area contributed by atoms with Crippen molar-refractivity contribution >= 4 is 29.4 Å². The lowest BCUT2D eigenvalue weighted by Gasteiger charge is -2.39. The number of urea groups is 1. The van der Waals surface area contributed by atoms with Crippen LogP contribution in [0, 0.1) is 12.8 Å². The van der Waals surface area contributed by atoms with Gasteiger partial charge in [0.1, 0.15) is 5.75 Å². The maximum atomic E-state index is 12.8. The molecule has 1 heterocycles. The lowest BCUT2D eigenvalue weighted by Crippen LogP contribution is -2.47.